The smallest absolute Gasteiger partial charge is 0.258 e. The van der Waals surface area contributed by atoms with Crippen molar-refractivity contribution in [3.63, 3.8) is 0 Å². The second-order valence-corrected chi connectivity index (χ2v) is 4.38. The van der Waals surface area contributed by atoms with Gasteiger partial charge in [0.2, 0.25) is 0 Å². The SMILES string of the molecule is CNc1ccc(N(C)C(=O)c2ccc(C)cc2)cn1. The van der Waals surface area contributed by atoms with Crippen molar-refractivity contribution in [1.29, 1.82) is 0 Å². The molecule has 1 amide bonds. The first-order chi connectivity index (χ1) is 9.11. The highest BCUT2D eigenvalue weighted by atomic mass is 16.2. The summed E-state index contributed by atoms with van der Waals surface area (Å²) in [6.45, 7) is 2.00. The summed E-state index contributed by atoms with van der Waals surface area (Å²) in [7, 11) is 3.56. The summed E-state index contributed by atoms with van der Waals surface area (Å²) in [5.41, 5.74) is 2.58. The monoisotopic (exact) mass is 255 g/mol. The largest absolute Gasteiger partial charge is 0.373 e. The molecule has 0 saturated carbocycles. The van der Waals surface area contributed by atoms with Gasteiger partial charge in [-0.15, -0.1) is 0 Å². The number of carbonyl (C=O) groups is 1. The van der Waals surface area contributed by atoms with E-state index >= 15 is 0 Å². The zero-order valence-electron chi connectivity index (χ0n) is 11.3. The van der Waals surface area contributed by atoms with Crippen LogP contribution in [-0.4, -0.2) is 25.0 Å². The first-order valence-corrected chi connectivity index (χ1v) is 6.10. The number of amides is 1. The van der Waals surface area contributed by atoms with Gasteiger partial charge in [-0.2, -0.15) is 0 Å². The summed E-state index contributed by atoms with van der Waals surface area (Å²) in [6, 6.07) is 11.2. The number of hydrogen-bond donors (Lipinski definition) is 1. The average Bonchev–Trinajstić information content (AvgIpc) is 2.46. The molecule has 98 valence electrons. The Labute approximate surface area is 113 Å². The molecule has 1 heterocycles. The number of anilines is 2. The molecule has 1 aromatic carbocycles. The lowest BCUT2D eigenvalue weighted by atomic mass is 10.1. The summed E-state index contributed by atoms with van der Waals surface area (Å²) in [4.78, 5) is 18.1. The van der Waals surface area contributed by atoms with Gasteiger partial charge in [-0.3, -0.25) is 4.79 Å². The minimum absolute atomic E-state index is 0.0426. The van der Waals surface area contributed by atoms with E-state index in [1.807, 2.05) is 50.4 Å². The Morgan fingerprint density at radius 3 is 2.37 bits per heavy atom. The van der Waals surface area contributed by atoms with E-state index < -0.39 is 0 Å². The van der Waals surface area contributed by atoms with E-state index in [1.54, 1.807) is 18.1 Å². The number of aromatic nitrogens is 1. The zero-order valence-corrected chi connectivity index (χ0v) is 11.3. The van der Waals surface area contributed by atoms with E-state index in [2.05, 4.69) is 10.3 Å². The van der Waals surface area contributed by atoms with Crippen molar-refractivity contribution < 1.29 is 4.79 Å². The Morgan fingerprint density at radius 2 is 1.84 bits per heavy atom. The van der Waals surface area contributed by atoms with E-state index in [4.69, 9.17) is 0 Å². The molecule has 0 spiro atoms. The van der Waals surface area contributed by atoms with Crippen molar-refractivity contribution in [2.24, 2.45) is 0 Å². The van der Waals surface area contributed by atoms with Crippen molar-refractivity contribution >= 4 is 17.4 Å². The molecular formula is C15H17N3O. The lowest BCUT2D eigenvalue weighted by Crippen LogP contribution is -2.26. The van der Waals surface area contributed by atoms with Crippen LogP contribution in [0.3, 0.4) is 0 Å². The van der Waals surface area contributed by atoms with Crippen LogP contribution in [0, 0.1) is 6.92 Å². The fourth-order valence-corrected chi connectivity index (χ4v) is 1.74. The molecule has 4 heteroatoms. The van der Waals surface area contributed by atoms with Gasteiger partial charge >= 0.3 is 0 Å². The molecule has 0 bridgehead atoms. The highest BCUT2D eigenvalue weighted by Gasteiger charge is 2.13. The number of hydrogen-bond acceptors (Lipinski definition) is 3. The van der Waals surface area contributed by atoms with Gasteiger partial charge in [0.1, 0.15) is 5.82 Å². The van der Waals surface area contributed by atoms with Crippen LogP contribution in [0.2, 0.25) is 0 Å². The number of benzene rings is 1. The summed E-state index contributed by atoms with van der Waals surface area (Å²) in [6.07, 6.45) is 1.68. The fraction of sp³-hybridized carbons (Fsp3) is 0.200. The molecule has 2 aromatic rings. The van der Waals surface area contributed by atoms with Crippen molar-refractivity contribution in [3.8, 4) is 0 Å². The van der Waals surface area contributed by atoms with Crippen LogP contribution in [-0.2, 0) is 0 Å². The van der Waals surface area contributed by atoms with Crippen molar-refractivity contribution in [3.05, 3.63) is 53.7 Å². The molecule has 0 atom stereocenters. The molecule has 2 rings (SSSR count). The molecule has 1 N–H and O–H groups in total. The maximum absolute atomic E-state index is 12.3. The van der Waals surface area contributed by atoms with Crippen LogP contribution in [0.4, 0.5) is 11.5 Å². The minimum atomic E-state index is -0.0426. The topological polar surface area (TPSA) is 45.2 Å². The maximum atomic E-state index is 12.3. The molecule has 0 aliphatic rings. The summed E-state index contributed by atoms with van der Waals surface area (Å²) >= 11 is 0. The summed E-state index contributed by atoms with van der Waals surface area (Å²) in [5, 5.41) is 2.95. The third-order valence-corrected chi connectivity index (χ3v) is 2.99. The van der Waals surface area contributed by atoms with Crippen molar-refractivity contribution in [1.82, 2.24) is 4.98 Å². The molecule has 0 aliphatic heterocycles. The van der Waals surface area contributed by atoms with Gasteiger partial charge in [0.25, 0.3) is 5.91 Å². The number of nitrogens with zero attached hydrogens (tertiary/aromatic N) is 2. The molecule has 1 aromatic heterocycles. The number of aryl methyl sites for hydroxylation is 1. The molecule has 19 heavy (non-hydrogen) atoms. The Hall–Kier alpha value is -2.36. The average molecular weight is 255 g/mol. The highest BCUT2D eigenvalue weighted by Crippen LogP contribution is 2.16. The lowest BCUT2D eigenvalue weighted by molar-refractivity contribution is 0.0993. The zero-order chi connectivity index (χ0) is 13.8. The normalized spacial score (nSPS) is 10.1. The molecular weight excluding hydrogens is 238 g/mol. The van der Waals surface area contributed by atoms with Crippen LogP contribution in [0.5, 0.6) is 0 Å². The van der Waals surface area contributed by atoms with Gasteiger partial charge in [0, 0.05) is 19.7 Å². The Balaban J connectivity index is 2.20. The third kappa shape index (κ3) is 2.91. The minimum Gasteiger partial charge on any atom is -0.373 e. The van der Waals surface area contributed by atoms with Crippen molar-refractivity contribution in [2.75, 3.05) is 24.3 Å². The summed E-state index contributed by atoms with van der Waals surface area (Å²) < 4.78 is 0. The molecule has 4 nitrogen and oxygen atoms in total. The second kappa shape index (κ2) is 5.52. The molecule has 0 fully saturated rings. The Kier molecular flexibility index (Phi) is 3.80. The highest BCUT2D eigenvalue weighted by molar-refractivity contribution is 6.05. The second-order valence-electron chi connectivity index (χ2n) is 4.38. The first-order valence-electron chi connectivity index (χ1n) is 6.10. The van der Waals surface area contributed by atoms with E-state index in [0.717, 1.165) is 17.1 Å². The van der Waals surface area contributed by atoms with Crippen LogP contribution >= 0.6 is 0 Å². The quantitative estimate of drug-likeness (QED) is 0.917. The van der Waals surface area contributed by atoms with Gasteiger partial charge < -0.3 is 10.2 Å². The van der Waals surface area contributed by atoms with Gasteiger partial charge in [-0.05, 0) is 31.2 Å². The Bertz CT molecular complexity index is 561. The summed E-state index contributed by atoms with van der Waals surface area (Å²) in [5.74, 6) is 0.735. The number of carbonyl (C=O) groups excluding carboxylic acids is 1. The standard InChI is InChI=1S/C15H17N3O/c1-11-4-6-12(7-5-11)15(19)18(3)13-8-9-14(16-2)17-10-13/h4-10H,1-3H3,(H,16,17). The predicted octanol–water partition coefficient (Wildman–Crippen LogP) is 2.71. The molecule has 0 unspecified atom stereocenters. The molecule has 0 aliphatic carbocycles. The molecule has 0 radical (unpaired) electrons. The van der Waals surface area contributed by atoms with Crippen LogP contribution in [0.15, 0.2) is 42.6 Å². The van der Waals surface area contributed by atoms with E-state index in [1.165, 1.54) is 0 Å². The van der Waals surface area contributed by atoms with Gasteiger partial charge in [0.05, 0.1) is 11.9 Å². The maximum Gasteiger partial charge on any atom is 0.258 e. The lowest BCUT2D eigenvalue weighted by Gasteiger charge is -2.17. The Morgan fingerprint density at radius 1 is 1.16 bits per heavy atom. The van der Waals surface area contributed by atoms with Crippen molar-refractivity contribution in [2.45, 2.75) is 6.92 Å². The van der Waals surface area contributed by atoms with Crippen LogP contribution in [0.25, 0.3) is 0 Å². The van der Waals surface area contributed by atoms with Crippen LogP contribution < -0.4 is 10.2 Å². The van der Waals surface area contributed by atoms with Gasteiger partial charge in [-0.1, -0.05) is 17.7 Å². The fourth-order valence-electron chi connectivity index (χ4n) is 1.74. The van der Waals surface area contributed by atoms with Gasteiger partial charge in [0.15, 0.2) is 0 Å². The van der Waals surface area contributed by atoms with E-state index in [0.29, 0.717) is 5.56 Å². The third-order valence-electron chi connectivity index (χ3n) is 2.99. The number of rotatable bonds is 3. The van der Waals surface area contributed by atoms with Crippen LogP contribution in [0.1, 0.15) is 15.9 Å². The predicted molar refractivity (Wildman–Crippen MR) is 77.7 cm³/mol. The van der Waals surface area contributed by atoms with E-state index in [9.17, 15) is 4.79 Å². The first kappa shape index (κ1) is 13.1. The number of nitrogens with one attached hydrogen (secondary N) is 1. The van der Waals surface area contributed by atoms with Gasteiger partial charge in [-0.25, -0.2) is 4.98 Å². The van der Waals surface area contributed by atoms with E-state index in [-0.39, 0.29) is 5.91 Å². The molecule has 0 saturated heterocycles. The number of pyridine rings is 1.